The molecule has 2 aliphatic carbocycles. The Kier molecular flexibility index (Phi) is 5.23. The third-order valence-electron chi connectivity index (χ3n) is 7.80. The molecule has 0 aromatic heterocycles. The fourth-order valence-electron chi connectivity index (χ4n) is 5.51. The molecule has 0 bridgehead atoms. The number of hydrogen-bond donors (Lipinski definition) is 0. The Morgan fingerprint density at radius 3 is 2.00 bits per heavy atom. The highest BCUT2D eigenvalue weighted by molar-refractivity contribution is 5.80. The van der Waals surface area contributed by atoms with Crippen LogP contribution in [0.1, 0.15) is 64.2 Å². The summed E-state index contributed by atoms with van der Waals surface area (Å²) in [6.45, 7) is 2.31. The van der Waals surface area contributed by atoms with Crippen LogP contribution < -0.4 is 0 Å². The van der Waals surface area contributed by atoms with E-state index in [2.05, 4.69) is 4.90 Å². The maximum absolute atomic E-state index is 13.0. The molecule has 0 aromatic carbocycles. The smallest absolute Gasteiger partial charge is 0.225 e. The van der Waals surface area contributed by atoms with Crippen LogP contribution in [0.25, 0.3) is 0 Å². The average Bonchev–Trinajstić information content (AvgIpc) is 3.05. The van der Waals surface area contributed by atoms with Crippen LogP contribution in [-0.2, 0) is 19.1 Å². The van der Waals surface area contributed by atoms with Gasteiger partial charge >= 0.3 is 0 Å². The van der Waals surface area contributed by atoms with Crippen molar-refractivity contribution < 1.29 is 19.1 Å². The third kappa shape index (κ3) is 3.51. The summed E-state index contributed by atoms with van der Waals surface area (Å²) in [4.78, 5) is 30.0. The van der Waals surface area contributed by atoms with E-state index in [1.807, 2.05) is 4.90 Å². The summed E-state index contributed by atoms with van der Waals surface area (Å²) in [6.07, 6.45) is 9.38. The van der Waals surface area contributed by atoms with Gasteiger partial charge in [0, 0.05) is 33.9 Å². The Morgan fingerprint density at radius 1 is 0.889 bits per heavy atom. The van der Waals surface area contributed by atoms with Gasteiger partial charge in [0.05, 0.1) is 30.1 Å². The number of nitrogens with zero attached hydrogens (tertiary/aromatic N) is 2. The van der Waals surface area contributed by atoms with Crippen molar-refractivity contribution in [1.82, 2.24) is 9.80 Å². The summed E-state index contributed by atoms with van der Waals surface area (Å²) < 4.78 is 11.3. The van der Waals surface area contributed by atoms with Gasteiger partial charge in [-0.25, -0.2) is 0 Å². The lowest BCUT2D eigenvalue weighted by molar-refractivity contribution is -0.149. The summed E-state index contributed by atoms with van der Waals surface area (Å²) >= 11 is 0. The minimum atomic E-state index is -0.229. The van der Waals surface area contributed by atoms with Crippen LogP contribution in [0, 0.1) is 5.92 Å². The lowest BCUT2D eigenvalue weighted by atomic mass is 9.77. The van der Waals surface area contributed by atoms with Crippen molar-refractivity contribution >= 4 is 11.8 Å². The van der Waals surface area contributed by atoms with E-state index in [0.717, 1.165) is 64.5 Å². The predicted molar refractivity (Wildman–Crippen MR) is 101 cm³/mol. The van der Waals surface area contributed by atoms with Crippen LogP contribution in [0.2, 0.25) is 0 Å². The van der Waals surface area contributed by atoms with E-state index < -0.39 is 0 Å². The Balaban J connectivity index is 1.38. The maximum Gasteiger partial charge on any atom is 0.225 e. The van der Waals surface area contributed by atoms with Crippen molar-refractivity contribution in [3.8, 4) is 0 Å². The Hall–Kier alpha value is -1.14. The highest BCUT2D eigenvalue weighted by atomic mass is 16.5. The van der Waals surface area contributed by atoms with Crippen molar-refractivity contribution in [2.24, 2.45) is 5.92 Å². The molecule has 2 saturated heterocycles. The second-order valence-corrected chi connectivity index (χ2v) is 9.19. The van der Waals surface area contributed by atoms with Crippen molar-refractivity contribution in [3.63, 3.8) is 0 Å². The van der Waals surface area contributed by atoms with Gasteiger partial charge < -0.3 is 19.3 Å². The van der Waals surface area contributed by atoms with Gasteiger partial charge in [-0.15, -0.1) is 0 Å². The van der Waals surface area contributed by atoms with Gasteiger partial charge in [0.15, 0.2) is 0 Å². The van der Waals surface area contributed by atoms with Gasteiger partial charge in [0.1, 0.15) is 0 Å². The van der Waals surface area contributed by atoms with E-state index in [4.69, 9.17) is 9.47 Å². The molecular weight excluding hydrogens is 344 g/mol. The molecule has 27 heavy (non-hydrogen) atoms. The Bertz CT molecular complexity index is 574. The highest BCUT2D eigenvalue weighted by Crippen LogP contribution is 2.41. The summed E-state index contributed by atoms with van der Waals surface area (Å²) in [6, 6.07) is 0.184. The fraction of sp³-hybridized carbons (Fsp3) is 0.905. The van der Waals surface area contributed by atoms with Crippen LogP contribution in [0.4, 0.5) is 0 Å². The van der Waals surface area contributed by atoms with Crippen LogP contribution in [0.5, 0.6) is 0 Å². The van der Waals surface area contributed by atoms with E-state index >= 15 is 0 Å². The topological polar surface area (TPSA) is 59.1 Å². The number of piperidine rings is 1. The molecule has 2 atom stereocenters. The molecule has 0 radical (unpaired) electrons. The summed E-state index contributed by atoms with van der Waals surface area (Å²) in [5.41, 5.74) is -0.456. The number of amides is 2. The molecule has 2 aliphatic heterocycles. The molecule has 4 rings (SSSR count). The zero-order chi connectivity index (χ0) is 19.1. The largest absolute Gasteiger partial charge is 0.378 e. The number of methoxy groups -OCH3 is 2. The predicted octanol–water partition coefficient (Wildman–Crippen LogP) is 2.35. The molecule has 6 heteroatoms. The highest BCUT2D eigenvalue weighted by Gasteiger charge is 2.47. The van der Waals surface area contributed by atoms with Gasteiger partial charge in [-0.05, 0) is 57.3 Å². The number of carbonyl (C=O) groups excluding carboxylic acids is 2. The summed E-state index contributed by atoms with van der Waals surface area (Å²) in [5.74, 6) is 0.838. The van der Waals surface area contributed by atoms with Gasteiger partial charge in [0.25, 0.3) is 0 Å². The standard InChI is InChI=1S/C21H34N2O4/c1-26-20(7-4-8-20)12-18(24)22-14-16-6-3-11-23(17(16)15-22)19(25)13-21(27-2)9-5-10-21/h16-17H,3-15H2,1-2H3/t16-,17+/m0/s1. The van der Waals surface area contributed by atoms with Crippen molar-refractivity contribution in [3.05, 3.63) is 0 Å². The second-order valence-electron chi connectivity index (χ2n) is 9.19. The molecule has 4 aliphatic rings. The van der Waals surface area contributed by atoms with Crippen LogP contribution >= 0.6 is 0 Å². The van der Waals surface area contributed by atoms with Crippen LogP contribution in [-0.4, -0.2) is 72.7 Å². The quantitative estimate of drug-likeness (QED) is 0.712. The SMILES string of the molecule is COC1(CC(=O)N2C[C@@H]3CCCN(C(=O)CC4(OC)CCC4)[C@@H]3C2)CCC1. The minimum Gasteiger partial charge on any atom is -0.378 e. The molecule has 4 fully saturated rings. The molecule has 6 nitrogen and oxygen atoms in total. The Morgan fingerprint density at radius 2 is 1.48 bits per heavy atom. The zero-order valence-electron chi connectivity index (χ0n) is 16.9. The molecule has 0 N–H and O–H groups in total. The van der Waals surface area contributed by atoms with Crippen LogP contribution in [0.15, 0.2) is 0 Å². The van der Waals surface area contributed by atoms with E-state index in [1.165, 1.54) is 0 Å². The van der Waals surface area contributed by atoms with Crippen molar-refractivity contribution in [2.45, 2.75) is 81.5 Å². The monoisotopic (exact) mass is 378 g/mol. The second kappa shape index (κ2) is 7.36. The lowest BCUT2D eigenvalue weighted by Gasteiger charge is -2.43. The maximum atomic E-state index is 13.0. The first kappa shape index (κ1) is 19.2. The number of hydrogen-bond acceptors (Lipinski definition) is 4. The zero-order valence-corrected chi connectivity index (χ0v) is 16.9. The lowest BCUT2D eigenvalue weighted by Crippen LogP contribution is -2.52. The van der Waals surface area contributed by atoms with Gasteiger partial charge in [-0.3, -0.25) is 9.59 Å². The minimum absolute atomic E-state index is 0.184. The van der Waals surface area contributed by atoms with E-state index in [9.17, 15) is 9.59 Å². The molecule has 2 heterocycles. The van der Waals surface area contributed by atoms with Crippen LogP contribution in [0.3, 0.4) is 0 Å². The number of rotatable bonds is 6. The fourth-order valence-corrected chi connectivity index (χ4v) is 5.51. The third-order valence-corrected chi connectivity index (χ3v) is 7.80. The first-order valence-corrected chi connectivity index (χ1v) is 10.7. The molecule has 0 aromatic rings. The molecule has 2 saturated carbocycles. The van der Waals surface area contributed by atoms with Gasteiger partial charge in [0.2, 0.25) is 11.8 Å². The normalized spacial score (nSPS) is 31.0. The van der Waals surface area contributed by atoms with Crippen molar-refractivity contribution in [2.75, 3.05) is 33.9 Å². The first-order valence-electron chi connectivity index (χ1n) is 10.7. The number of likely N-dealkylation sites (tertiary alicyclic amines) is 2. The first-order chi connectivity index (χ1) is 13.0. The number of ether oxygens (including phenoxy) is 2. The molecule has 0 unspecified atom stereocenters. The summed E-state index contributed by atoms with van der Waals surface area (Å²) in [5, 5.41) is 0. The molecule has 152 valence electrons. The molecular formula is C21H34N2O4. The Labute approximate surface area is 162 Å². The van der Waals surface area contributed by atoms with E-state index in [1.54, 1.807) is 14.2 Å². The van der Waals surface area contributed by atoms with Gasteiger partial charge in [-0.1, -0.05) is 0 Å². The van der Waals surface area contributed by atoms with Crippen molar-refractivity contribution in [1.29, 1.82) is 0 Å². The van der Waals surface area contributed by atoms with E-state index in [0.29, 0.717) is 25.3 Å². The molecule has 2 amide bonds. The van der Waals surface area contributed by atoms with E-state index in [-0.39, 0.29) is 29.1 Å². The average molecular weight is 379 g/mol. The number of carbonyl (C=O) groups is 2. The van der Waals surface area contributed by atoms with Gasteiger partial charge in [-0.2, -0.15) is 0 Å². The number of fused-ring (bicyclic) bond motifs is 1. The summed E-state index contributed by atoms with van der Waals surface area (Å²) in [7, 11) is 3.45. The molecule has 0 spiro atoms.